The van der Waals surface area contributed by atoms with Gasteiger partial charge in [-0.1, -0.05) is 0 Å². The van der Waals surface area contributed by atoms with Gasteiger partial charge in [0, 0.05) is 0 Å². The van der Waals surface area contributed by atoms with Crippen LogP contribution < -0.4 is 5.73 Å². The largest absolute Gasteiger partial charge is 0.462 e. The van der Waals surface area contributed by atoms with Crippen LogP contribution in [0.15, 0.2) is 0 Å². The van der Waals surface area contributed by atoms with Gasteiger partial charge in [-0.25, -0.2) is 9.78 Å². The summed E-state index contributed by atoms with van der Waals surface area (Å²) in [7, 11) is 0. The summed E-state index contributed by atoms with van der Waals surface area (Å²) < 4.78 is 4.90. The molecular formula is C11H13N3O2. The van der Waals surface area contributed by atoms with Crippen molar-refractivity contribution in [2.45, 2.75) is 20.8 Å². The van der Waals surface area contributed by atoms with E-state index in [0.29, 0.717) is 16.8 Å². The highest BCUT2D eigenvalue weighted by Gasteiger charge is 2.19. The molecule has 1 rings (SSSR count). The van der Waals surface area contributed by atoms with Crippen molar-refractivity contribution in [2.75, 3.05) is 12.3 Å². The first-order chi connectivity index (χ1) is 7.52. The van der Waals surface area contributed by atoms with Gasteiger partial charge in [0.05, 0.1) is 23.4 Å². The SMILES string of the molecule is CCOC(=O)c1c(C)nc(N)c(C#N)c1C. The van der Waals surface area contributed by atoms with Crippen LogP contribution in [0.3, 0.4) is 0 Å². The van der Waals surface area contributed by atoms with Crippen LogP contribution in [0.25, 0.3) is 0 Å². The van der Waals surface area contributed by atoms with E-state index in [-0.39, 0.29) is 18.0 Å². The summed E-state index contributed by atoms with van der Waals surface area (Å²) in [6.07, 6.45) is 0. The van der Waals surface area contributed by atoms with E-state index in [2.05, 4.69) is 4.98 Å². The Bertz CT molecular complexity index is 475. The number of nitrogens with two attached hydrogens (primary N) is 1. The summed E-state index contributed by atoms with van der Waals surface area (Å²) in [5.41, 5.74) is 7.15. The normalized spacial score (nSPS) is 9.62. The van der Waals surface area contributed by atoms with Crippen LogP contribution in [-0.2, 0) is 4.74 Å². The molecule has 0 spiro atoms. The molecule has 0 aliphatic rings. The second-order valence-electron chi connectivity index (χ2n) is 3.29. The lowest BCUT2D eigenvalue weighted by Crippen LogP contribution is -2.13. The minimum atomic E-state index is -0.471. The van der Waals surface area contributed by atoms with Crippen molar-refractivity contribution in [1.29, 1.82) is 5.26 Å². The average molecular weight is 219 g/mol. The standard InChI is InChI=1S/C11H13N3O2/c1-4-16-11(15)9-6(2)8(5-12)10(13)14-7(9)3/h4H2,1-3H3,(H2,13,14). The van der Waals surface area contributed by atoms with Gasteiger partial charge in [-0.2, -0.15) is 5.26 Å². The summed E-state index contributed by atoms with van der Waals surface area (Å²) in [5.74, 6) is -0.327. The Morgan fingerprint density at radius 2 is 2.19 bits per heavy atom. The second-order valence-corrected chi connectivity index (χ2v) is 3.29. The van der Waals surface area contributed by atoms with Crippen molar-refractivity contribution in [1.82, 2.24) is 4.98 Å². The van der Waals surface area contributed by atoms with Gasteiger partial charge >= 0.3 is 5.97 Å². The van der Waals surface area contributed by atoms with Gasteiger partial charge in [0.25, 0.3) is 0 Å². The molecule has 2 N–H and O–H groups in total. The Kier molecular flexibility index (Phi) is 3.46. The van der Waals surface area contributed by atoms with E-state index in [0.717, 1.165) is 0 Å². The van der Waals surface area contributed by atoms with Crippen molar-refractivity contribution in [3.05, 3.63) is 22.4 Å². The van der Waals surface area contributed by atoms with Crippen molar-refractivity contribution in [3.8, 4) is 6.07 Å². The maximum atomic E-state index is 11.7. The molecule has 5 heteroatoms. The van der Waals surface area contributed by atoms with E-state index in [1.807, 2.05) is 6.07 Å². The Hall–Kier alpha value is -2.09. The predicted octanol–water partition coefficient (Wildman–Crippen LogP) is 1.33. The van der Waals surface area contributed by atoms with E-state index in [1.165, 1.54) is 0 Å². The third-order valence-corrected chi connectivity index (χ3v) is 2.25. The Balaban J connectivity index is 3.41. The summed E-state index contributed by atoms with van der Waals surface area (Å²) >= 11 is 0. The molecule has 1 aromatic heterocycles. The molecule has 0 radical (unpaired) electrons. The Morgan fingerprint density at radius 3 is 2.69 bits per heavy atom. The van der Waals surface area contributed by atoms with E-state index < -0.39 is 5.97 Å². The van der Waals surface area contributed by atoms with Gasteiger partial charge in [-0.3, -0.25) is 0 Å². The number of nitrogen functional groups attached to an aromatic ring is 1. The molecule has 0 aromatic carbocycles. The Labute approximate surface area is 93.8 Å². The summed E-state index contributed by atoms with van der Waals surface area (Å²) in [4.78, 5) is 15.6. The third kappa shape index (κ3) is 1.96. The quantitative estimate of drug-likeness (QED) is 0.758. The molecule has 0 bridgehead atoms. The summed E-state index contributed by atoms with van der Waals surface area (Å²) in [6, 6.07) is 1.93. The molecule has 0 atom stereocenters. The zero-order valence-electron chi connectivity index (χ0n) is 9.50. The molecule has 1 heterocycles. The monoisotopic (exact) mass is 219 g/mol. The number of hydrogen-bond acceptors (Lipinski definition) is 5. The molecule has 16 heavy (non-hydrogen) atoms. The zero-order chi connectivity index (χ0) is 12.3. The Morgan fingerprint density at radius 1 is 1.56 bits per heavy atom. The first-order valence-electron chi connectivity index (χ1n) is 4.86. The lowest BCUT2D eigenvalue weighted by molar-refractivity contribution is 0.0524. The van der Waals surface area contributed by atoms with Crippen LogP contribution in [0.4, 0.5) is 5.82 Å². The number of carbonyl (C=O) groups is 1. The van der Waals surface area contributed by atoms with Gasteiger partial charge in [-0.05, 0) is 26.3 Å². The number of aromatic nitrogens is 1. The number of aryl methyl sites for hydroxylation is 1. The maximum absolute atomic E-state index is 11.7. The van der Waals surface area contributed by atoms with Crippen LogP contribution in [0, 0.1) is 25.2 Å². The van der Waals surface area contributed by atoms with Gasteiger partial charge in [0.1, 0.15) is 11.9 Å². The number of ether oxygens (including phenoxy) is 1. The molecule has 0 aliphatic heterocycles. The van der Waals surface area contributed by atoms with Gasteiger partial charge in [-0.15, -0.1) is 0 Å². The number of anilines is 1. The zero-order valence-corrected chi connectivity index (χ0v) is 9.50. The van der Waals surface area contributed by atoms with Crippen molar-refractivity contribution < 1.29 is 9.53 Å². The van der Waals surface area contributed by atoms with Gasteiger partial charge in [0.15, 0.2) is 0 Å². The fraction of sp³-hybridized carbons (Fsp3) is 0.364. The fourth-order valence-corrected chi connectivity index (χ4v) is 1.53. The first kappa shape index (κ1) is 12.0. The minimum absolute atomic E-state index is 0.144. The number of nitriles is 1. The average Bonchev–Trinajstić information content (AvgIpc) is 2.17. The predicted molar refractivity (Wildman–Crippen MR) is 58.8 cm³/mol. The fourth-order valence-electron chi connectivity index (χ4n) is 1.53. The number of nitrogens with zero attached hydrogens (tertiary/aromatic N) is 2. The van der Waals surface area contributed by atoms with Crippen molar-refractivity contribution in [3.63, 3.8) is 0 Å². The highest BCUT2D eigenvalue weighted by Crippen LogP contribution is 2.21. The highest BCUT2D eigenvalue weighted by atomic mass is 16.5. The number of esters is 1. The maximum Gasteiger partial charge on any atom is 0.340 e. The smallest absolute Gasteiger partial charge is 0.340 e. The minimum Gasteiger partial charge on any atom is -0.462 e. The number of pyridine rings is 1. The summed E-state index contributed by atoms with van der Waals surface area (Å²) in [6.45, 7) is 5.33. The highest BCUT2D eigenvalue weighted by molar-refractivity contribution is 5.93. The molecule has 0 saturated carbocycles. The van der Waals surface area contributed by atoms with E-state index in [1.54, 1.807) is 20.8 Å². The molecule has 1 aromatic rings. The van der Waals surface area contributed by atoms with E-state index >= 15 is 0 Å². The summed E-state index contributed by atoms with van der Waals surface area (Å²) in [5, 5.41) is 8.90. The molecule has 0 aliphatic carbocycles. The molecule has 0 saturated heterocycles. The molecule has 0 fully saturated rings. The van der Waals surface area contributed by atoms with Crippen LogP contribution in [0.2, 0.25) is 0 Å². The molecule has 0 amide bonds. The third-order valence-electron chi connectivity index (χ3n) is 2.25. The lowest BCUT2D eigenvalue weighted by Gasteiger charge is -2.10. The van der Waals surface area contributed by atoms with Crippen LogP contribution >= 0.6 is 0 Å². The number of hydrogen-bond donors (Lipinski definition) is 1. The molecular weight excluding hydrogens is 206 g/mol. The van der Waals surface area contributed by atoms with Gasteiger partial charge in [0.2, 0.25) is 0 Å². The lowest BCUT2D eigenvalue weighted by atomic mass is 10.0. The molecule has 84 valence electrons. The van der Waals surface area contributed by atoms with Crippen LogP contribution in [-0.4, -0.2) is 17.6 Å². The van der Waals surface area contributed by atoms with Crippen LogP contribution in [0.1, 0.15) is 34.1 Å². The van der Waals surface area contributed by atoms with E-state index in [4.69, 9.17) is 15.7 Å². The number of rotatable bonds is 2. The molecule has 0 unspecified atom stereocenters. The topological polar surface area (TPSA) is 89.0 Å². The number of carbonyl (C=O) groups excluding carboxylic acids is 1. The van der Waals surface area contributed by atoms with E-state index in [9.17, 15) is 4.79 Å². The second kappa shape index (κ2) is 4.62. The van der Waals surface area contributed by atoms with Crippen molar-refractivity contribution in [2.24, 2.45) is 0 Å². The van der Waals surface area contributed by atoms with Gasteiger partial charge < -0.3 is 10.5 Å². The first-order valence-corrected chi connectivity index (χ1v) is 4.86. The van der Waals surface area contributed by atoms with Crippen molar-refractivity contribution >= 4 is 11.8 Å². The molecule has 5 nitrogen and oxygen atoms in total. The van der Waals surface area contributed by atoms with Crippen LogP contribution in [0.5, 0.6) is 0 Å².